The maximum Gasteiger partial charge on any atom is 0.280 e. The smallest absolute Gasteiger partial charge is 0.280 e. The Balaban J connectivity index is 1.82. The van der Waals surface area contributed by atoms with Crippen molar-refractivity contribution in [3.63, 3.8) is 0 Å². The fraction of sp³-hybridized carbons (Fsp3) is 0.211. The molecule has 0 aliphatic carbocycles. The average molecular weight is 335 g/mol. The van der Waals surface area contributed by atoms with Gasteiger partial charge in [-0.05, 0) is 49.1 Å². The molecule has 0 aliphatic heterocycles. The summed E-state index contributed by atoms with van der Waals surface area (Å²) < 4.78 is 1.54. The Morgan fingerprint density at radius 2 is 1.88 bits per heavy atom. The monoisotopic (exact) mass is 335 g/mol. The van der Waals surface area contributed by atoms with Crippen LogP contribution in [0.15, 0.2) is 42.5 Å². The van der Waals surface area contributed by atoms with Gasteiger partial charge in [0.2, 0.25) is 0 Å². The highest BCUT2D eigenvalue weighted by atomic mass is 16.2. The van der Waals surface area contributed by atoms with Crippen molar-refractivity contribution in [2.45, 2.75) is 27.3 Å². The van der Waals surface area contributed by atoms with Gasteiger partial charge in [-0.25, -0.2) is 4.68 Å². The molecule has 25 heavy (non-hydrogen) atoms. The van der Waals surface area contributed by atoms with Crippen LogP contribution in [0, 0.1) is 20.8 Å². The number of nitrogens with one attached hydrogen (secondary N) is 1. The largest absolute Gasteiger partial charge is 0.382 e. The Bertz CT molecular complexity index is 929. The van der Waals surface area contributed by atoms with Gasteiger partial charge in [0.25, 0.3) is 5.91 Å². The maximum absolute atomic E-state index is 12.5. The Labute approximate surface area is 146 Å². The van der Waals surface area contributed by atoms with E-state index in [-0.39, 0.29) is 17.4 Å². The first kappa shape index (κ1) is 16.7. The molecule has 3 aromatic rings. The van der Waals surface area contributed by atoms with Crippen LogP contribution in [-0.2, 0) is 6.54 Å². The molecular formula is C19H21N5O. The fourth-order valence-electron chi connectivity index (χ4n) is 2.60. The lowest BCUT2D eigenvalue weighted by Gasteiger charge is -2.09. The van der Waals surface area contributed by atoms with E-state index >= 15 is 0 Å². The van der Waals surface area contributed by atoms with Crippen LogP contribution in [0.25, 0.3) is 0 Å². The molecular weight excluding hydrogens is 314 g/mol. The summed E-state index contributed by atoms with van der Waals surface area (Å²) in [6.07, 6.45) is 0. The number of benzene rings is 2. The van der Waals surface area contributed by atoms with Gasteiger partial charge in [0.05, 0.1) is 6.54 Å². The van der Waals surface area contributed by atoms with Crippen molar-refractivity contribution >= 4 is 17.4 Å². The van der Waals surface area contributed by atoms with Gasteiger partial charge in [-0.3, -0.25) is 4.79 Å². The van der Waals surface area contributed by atoms with E-state index in [4.69, 9.17) is 5.73 Å². The summed E-state index contributed by atoms with van der Waals surface area (Å²) in [5.41, 5.74) is 11.2. The Hall–Kier alpha value is -3.15. The molecule has 3 N–H and O–H groups in total. The van der Waals surface area contributed by atoms with Gasteiger partial charge < -0.3 is 11.1 Å². The number of carbonyl (C=O) groups is 1. The zero-order chi connectivity index (χ0) is 18.0. The van der Waals surface area contributed by atoms with E-state index in [2.05, 4.69) is 15.6 Å². The van der Waals surface area contributed by atoms with Gasteiger partial charge in [0, 0.05) is 5.69 Å². The highest BCUT2D eigenvalue weighted by Gasteiger charge is 2.18. The van der Waals surface area contributed by atoms with E-state index in [0.717, 1.165) is 27.9 Å². The van der Waals surface area contributed by atoms with Crippen molar-refractivity contribution in [2.75, 3.05) is 11.1 Å². The third kappa shape index (κ3) is 3.52. The second kappa shape index (κ2) is 6.76. The van der Waals surface area contributed by atoms with E-state index in [1.54, 1.807) is 4.68 Å². The molecule has 0 aliphatic rings. The number of rotatable bonds is 4. The number of aryl methyl sites for hydroxylation is 3. The van der Waals surface area contributed by atoms with Gasteiger partial charge in [0.1, 0.15) is 0 Å². The molecule has 128 valence electrons. The topological polar surface area (TPSA) is 85.8 Å². The van der Waals surface area contributed by atoms with Gasteiger partial charge in [-0.1, -0.05) is 41.6 Å². The SMILES string of the molecule is Cc1ccc(C)c(NC(=O)c2nnn(Cc3ccccc3C)c2N)c1. The van der Waals surface area contributed by atoms with Crippen LogP contribution in [0.4, 0.5) is 11.5 Å². The molecule has 6 nitrogen and oxygen atoms in total. The number of hydrogen-bond acceptors (Lipinski definition) is 4. The molecule has 0 fully saturated rings. The molecule has 0 spiro atoms. The number of nitrogens with zero attached hydrogens (tertiary/aromatic N) is 3. The van der Waals surface area contributed by atoms with Crippen LogP contribution >= 0.6 is 0 Å². The first-order valence-corrected chi connectivity index (χ1v) is 8.08. The quantitative estimate of drug-likeness (QED) is 0.767. The Morgan fingerprint density at radius 3 is 2.64 bits per heavy atom. The lowest BCUT2D eigenvalue weighted by Crippen LogP contribution is -2.16. The first-order valence-electron chi connectivity index (χ1n) is 8.08. The number of carbonyl (C=O) groups excluding carboxylic acids is 1. The number of nitrogen functional groups attached to an aromatic ring is 1. The lowest BCUT2D eigenvalue weighted by atomic mass is 10.1. The average Bonchev–Trinajstić information content (AvgIpc) is 2.94. The van der Waals surface area contributed by atoms with Crippen molar-refractivity contribution in [1.82, 2.24) is 15.0 Å². The molecule has 1 aromatic heterocycles. The molecule has 0 saturated carbocycles. The van der Waals surface area contributed by atoms with E-state index in [0.29, 0.717) is 6.54 Å². The second-order valence-electron chi connectivity index (χ2n) is 6.18. The fourth-order valence-corrected chi connectivity index (χ4v) is 2.60. The molecule has 0 atom stereocenters. The summed E-state index contributed by atoms with van der Waals surface area (Å²) >= 11 is 0. The van der Waals surface area contributed by atoms with Crippen LogP contribution in [0.5, 0.6) is 0 Å². The zero-order valence-electron chi connectivity index (χ0n) is 14.6. The summed E-state index contributed by atoms with van der Waals surface area (Å²) in [6, 6.07) is 13.8. The minimum Gasteiger partial charge on any atom is -0.382 e. The molecule has 6 heteroatoms. The molecule has 0 bridgehead atoms. The van der Waals surface area contributed by atoms with Crippen LogP contribution in [0.1, 0.15) is 32.7 Å². The predicted molar refractivity (Wildman–Crippen MR) is 98.6 cm³/mol. The second-order valence-corrected chi connectivity index (χ2v) is 6.18. The molecule has 0 radical (unpaired) electrons. The van der Waals surface area contributed by atoms with Crippen molar-refractivity contribution in [3.8, 4) is 0 Å². The Morgan fingerprint density at radius 1 is 1.12 bits per heavy atom. The van der Waals surface area contributed by atoms with E-state index in [9.17, 15) is 4.79 Å². The predicted octanol–water partition coefficient (Wildman–Crippen LogP) is 3.09. The summed E-state index contributed by atoms with van der Waals surface area (Å²) in [5, 5.41) is 10.9. The van der Waals surface area contributed by atoms with Gasteiger partial charge in [0.15, 0.2) is 11.5 Å². The van der Waals surface area contributed by atoms with Gasteiger partial charge >= 0.3 is 0 Å². The third-order valence-electron chi connectivity index (χ3n) is 4.21. The number of nitrogens with two attached hydrogens (primary N) is 1. The number of hydrogen-bond donors (Lipinski definition) is 2. The number of aromatic nitrogens is 3. The molecule has 1 amide bonds. The van der Waals surface area contributed by atoms with Crippen molar-refractivity contribution in [2.24, 2.45) is 0 Å². The van der Waals surface area contributed by atoms with Crippen molar-refractivity contribution in [3.05, 3.63) is 70.4 Å². The summed E-state index contributed by atoms with van der Waals surface area (Å²) in [5.74, 6) is -0.103. The number of anilines is 2. The lowest BCUT2D eigenvalue weighted by molar-refractivity contribution is 0.102. The van der Waals surface area contributed by atoms with Crippen LogP contribution < -0.4 is 11.1 Å². The van der Waals surface area contributed by atoms with Gasteiger partial charge in [-0.2, -0.15) is 0 Å². The normalized spacial score (nSPS) is 10.7. The molecule has 0 saturated heterocycles. The molecule has 0 unspecified atom stereocenters. The van der Waals surface area contributed by atoms with Crippen molar-refractivity contribution < 1.29 is 4.79 Å². The molecule has 2 aromatic carbocycles. The summed E-state index contributed by atoms with van der Waals surface area (Å²) in [6.45, 7) is 6.41. The standard InChI is InChI=1S/C19H21N5O/c1-12-8-9-14(3)16(10-12)21-19(25)17-18(20)24(23-22-17)11-15-7-5-4-6-13(15)2/h4-10H,11,20H2,1-3H3,(H,21,25). The number of amides is 1. The van der Waals surface area contributed by atoms with Gasteiger partial charge in [-0.15, -0.1) is 5.10 Å². The van der Waals surface area contributed by atoms with E-state index in [1.165, 1.54) is 0 Å². The molecule has 3 rings (SSSR count). The highest BCUT2D eigenvalue weighted by Crippen LogP contribution is 2.19. The van der Waals surface area contributed by atoms with E-state index in [1.807, 2.05) is 63.2 Å². The van der Waals surface area contributed by atoms with Crippen LogP contribution in [-0.4, -0.2) is 20.9 Å². The molecule has 1 heterocycles. The minimum absolute atomic E-state index is 0.134. The summed E-state index contributed by atoms with van der Waals surface area (Å²) in [7, 11) is 0. The first-order chi connectivity index (χ1) is 12.0. The highest BCUT2D eigenvalue weighted by molar-refractivity contribution is 6.06. The van der Waals surface area contributed by atoms with Crippen LogP contribution in [0.3, 0.4) is 0 Å². The summed E-state index contributed by atoms with van der Waals surface area (Å²) in [4.78, 5) is 12.5. The van der Waals surface area contributed by atoms with Crippen LogP contribution in [0.2, 0.25) is 0 Å². The maximum atomic E-state index is 12.5. The van der Waals surface area contributed by atoms with E-state index < -0.39 is 0 Å². The Kier molecular flexibility index (Phi) is 4.52. The van der Waals surface area contributed by atoms with Crippen molar-refractivity contribution in [1.29, 1.82) is 0 Å². The minimum atomic E-state index is -0.359. The zero-order valence-corrected chi connectivity index (χ0v) is 14.6. The third-order valence-corrected chi connectivity index (χ3v) is 4.21.